The van der Waals surface area contributed by atoms with E-state index in [9.17, 15) is 0 Å². The van der Waals surface area contributed by atoms with Gasteiger partial charge in [-0.25, -0.2) is 0 Å². The number of hydrogen-bond acceptors (Lipinski definition) is 6. The molecular formula is C78H52N2O4. The molecule has 17 aromatic rings. The maximum absolute atomic E-state index is 7.16. The van der Waals surface area contributed by atoms with E-state index in [1.165, 1.54) is 0 Å². The number of rotatable bonds is 8. The number of hydrogen-bond donors (Lipinski definition) is 0. The number of anilines is 6. The molecule has 0 spiro atoms. The Morgan fingerprint density at radius 3 is 1.20 bits per heavy atom. The van der Waals surface area contributed by atoms with Gasteiger partial charge >= 0.3 is 0 Å². The van der Waals surface area contributed by atoms with Gasteiger partial charge in [0.15, 0.2) is 11.2 Å². The molecule has 0 N–H and O–H groups in total. The van der Waals surface area contributed by atoms with Crippen molar-refractivity contribution in [2.24, 2.45) is 0 Å². The van der Waals surface area contributed by atoms with Crippen molar-refractivity contribution in [3.05, 3.63) is 266 Å². The maximum atomic E-state index is 7.16. The van der Waals surface area contributed by atoms with Crippen molar-refractivity contribution in [3.8, 4) is 22.3 Å². The van der Waals surface area contributed by atoms with Crippen molar-refractivity contribution in [2.45, 2.75) is 26.2 Å². The highest BCUT2D eigenvalue weighted by Crippen LogP contribution is 2.50. The zero-order chi connectivity index (χ0) is 55.8. The molecule has 0 unspecified atom stereocenters. The van der Waals surface area contributed by atoms with Gasteiger partial charge in [-0.05, 0) is 129 Å². The molecule has 0 fully saturated rings. The lowest BCUT2D eigenvalue weighted by atomic mass is 9.82. The molecule has 0 aliphatic carbocycles. The Morgan fingerprint density at radius 1 is 0.274 bits per heavy atom. The molecule has 0 amide bonds. The SMILES string of the molecule is CC(C)(C)c1c2oc3cc4cc(N(c5ccccc5)c5cccc6c5oc5c(-c7ccccc7)cccc56)ccc4cc3c2cc2oc3cc4cc(N(c5ccccc5)c5cccc6c5oc5c(-c7ccccc7)cccc56)ccc4cc3c12. The zero-order valence-corrected chi connectivity index (χ0v) is 46.4. The molecule has 0 bridgehead atoms. The summed E-state index contributed by atoms with van der Waals surface area (Å²) in [6, 6.07) is 92.4. The molecule has 0 aliphatic heterocycles. The van der Waals surface area contributed by atoms with E-state index in [1.54, 1.807) is 0 Å². The van der Waals surface area contributed by atoms with Crippen LogP contribution >= 0.6 is 0 Å². The van der Waals surface area contributed by atoms with Crippen LogP contribution in [0.4, 0.5) is 34.1 Å². The molecule has 0 saturated heterocycles. The fourth-order valence-corrected chi connectivity index (χ4v) is 13.3. The normalized spacial score (nSPS) is 12.2. The summed E-state index contributed by atoms with van der Waals surface area (Å²) >= 11 is 0. The molecule has 6 nitrogen and oxygen atoms in total. The molecule has 0 saturated carbocycles. The minimum Gasteiger partial charge on any atom is -0.456 e. The Bertz CT molecular complexity index is 5260. The zero-order valence-electron chi connectivity index (χ0n) is 46.4. The molecule has 13 aromatic carbocycles. The van der Waals surface area contributed by atoms with Gasteiger partial charge in [0, 0.05) is 82.5 Å². The fourth-order valence-electron chi connectivity index (χ4n) is 13.3. The summed E-state index contributed by atoms with van der Waals surface area (Å²) in [4.78, 5) is 4.61. The van der Waals surface area contributed by atoms with Crippen LogP contribution in [-0.4, -0.2) is 0 Å². The van der Waals surface area contributed by atoms with Crippen LogP contribution in [0.5, 0.6) is 0 Å². The lowest BCUT2D eigenvalue weighted by molar-refractivity contribution is 0.577. The van der Waals surface area contributed by atoms with Gasteiger partial charge in [-0.15, -0.1) is 0 Å². The lowest BCUT2D eigenvalue weighted by Crippen LogP contribution is -2.12. The molecule has 6 heteroatoms. The van der Waals surface area contributed by atoms with Crippen LogP contribution in [0.15, 0.2) is 279 Å². The largest absolute Gasteiger partial charge is 0.456 e. The summed E-state index contributed by atoms with van der Waals surface area (Å²) in [6.07, 6.45) is 0. The Morgan fingerprint density at radius 2 is 0.714 bits per heavy atom. The van der Waals surface area contributed by atoms with E-state index in [0.29, 0.717) is 0 Å². The Hall–Kier alpha value is -10.8. The van der Waals surface area contributed by atoms with Crippen molar-refractivity contribution >= 4 is 143 Å². The van der Waals surface area contributed by atoms with Crippen LogP contribution in [-0.2, 0) is 5.41 Å². The first-order valence-electron chi connectivity index (χ1n) is 28.7. The maximum Gasteiger partial charge on any atom is 0.159 e. The summed E-state index contributed by atoms with van der Waals surface area (Å²) in [5.74, 6) is 0. The molecule has 0 atom stereocenters. The molecule has 17 rings (SSSR count). The Balaban J connectivity index is 0.791. The van der Waals surface area contributed by atoms with Gasteiger partial charge in [0.25, 0.3) is 0 Å². The van der Waals surface area contributed by atoms with Gasteiger partial charge < -0.3 is 27.5 Å². The first-order chi connectivity index (χ1) is 41.3. The van der Waals surface area contributed by atoms with Crippen LogP contribution in [0.25, 0.3) is 132 Å². The number of para-hydroxylation sites is 6. The smallest absolute Gasteiger partial charge is 0.159 e. The fraction of sp³-hybridized carbons (Fsp3) is 0.0513. The molecule has 0 aliphatic rings. The van der Waals surface area contributed by atoms with Crippen LogP contribution in [0.1, 0.15) is 26.3 Å². The Labute approximate surface area is 483 Å². The van der Waals surface area contributed by atoms with E-state index in [1.807, 2.05) is 12.1 Å². The summed E-state index contributed by atoms with van der Waals surface area (Å²) in [6.45, 7) is 6.82. The standard InChI is InChI=1S/C78H52N2O4/c1-78(2,3)72-71-65-43-50-37-39-56(80(54-26-14-7-15-27-54)67-35-19-33-62-60-31-17-29-58(74(60)84-76(62)67)48-22-10-5-11-23-48)41-52(50)45-69(65)81-70(71)46-64-63-42-49-36-38-55(40-51(49)44-68(63)82-77(64)72)79(53-24-12-6-13-25-53)66-34-18-32-61-59-30-16-28-57(73(59)83-75(61)66)47-20-8-4-9-21-47/h4-46H,1-3H3. The van der Waals surface area contributed by atoms with Crippen molar-refractivity contribution < 1.29 is 17.7 Å². The van der Waals surface area contributed by atoms with Crippen LogP contribution in [0, 0.1) is 0 Å². The summed E-state index contributed by atoms with van der Waals surface area (Å²) in [5.41, 5.74) is 18.0. The van der Waals surface area contributed by atoms with Gasteiger partial charge in [-0.3, -0.25) is 0 Å². The quantitative estimate of drug-likeness (QED) is 0.151. The van der Waals surface area contributed by atoms with Gasteiger partial charge in [0.05, 0.1) is 11.4 Å². The molecule has 4 aromatic heterocycles. The van der Waals surface area contributed by atoms with Crippen LogP contribution in [0.2, 0.25) is 0 Å². The molecule has 4 heterocycles. The van der Waals surface area contributed by atoms with Crippen molar-refractivity contribution in [1.29, 1.82) is 0 Å². The first kappa shape index (κ1) is 47.9. The van der Waals surface area contributed by atoms with E-state index < -0.39 is 0 Å². The minimum atomic E-state index is -0.306. The number of furan rings is 4. The third kappa shape index (κ3) is 7.43. The summed E-state index contributed by atoms with van der Waals surface area (Å²) < 4.78 is 28.2. The van der Waals surface area contributed by atoms with Crippen LogP contribution in [0.3, 0.4) is 0 Å². The summed E-state index contributed by atoms with van der Waals surface area (Å²) in [7, 11) is 0. The number of benzene rings is 13. The van der Waals surface area contributed by atoms with Crippen molar-refractivity contribution in [2.75, 3.05) is 9.80 Å². The predicted octanol–water partition coefficient (Wildman–Crippen LogP) is 23.2. The monoisotopic (exact) mass is 1080 g/mol. The highest BCUT2D eigenvalue weighted by Gasteiger charge is 2.29. The second kappa shape index (κ2) is 18.3. The molecule has 84 heavy (non-hydrogen) atoms. The third-order valence-corrected chi connectivity index (χ3v) is 17.0. The molecule has 0 radical (unpaired) electrons. The van der Waals surface area contributed by atoms with Gasteiger partial charge in [0.1, 0.15) is 33.5 Å². The second-order valence-electron chi connectivity index (χ2n) is 23.2. The van der Waals surface area contributed by atoms with Crippen molar-refractivity contribution in [1.82, 2.24) is 0 Å². The highest BCUT2D eigenvalue weighted by molar-refractivity contribution is 6.21. The van der Waals surface area contributed by atoms with Gasteiger partial charge in [-0.2, -0.15) is 0 Å². The third-order valence-electron chi connectivity index (χ3n) is 17.0. The number of nitrogens with zero attached hydrogens (tertiary/aromatic N) is 2. The van der Waals surface area contributed by atoms with Crippen LogP contribution < -0.4 is 9.80 Å². The van der Waals surface area contributed by atoms with Crippen molar-refractivity contribution in [3.63, 3.8) is 0 Å². The van der Waals surface area contributed by atoms with E-state index in [4.69, 9.17) is 17.7 Å². The Kier molecular flexibility index (Phi) is 10.5. The van der Waals surface area contributed by atoms with Gasteiger partial charge in [-0.1, -0.05) is 191 Å². The van der Waals surface area contributed by atoms with E-state index in [-0.39, 0.29) is 5.41 Å². The first-order valence-corrected chi connectivity index (χ1v) is 28.7. The van der Waals surface area contributed by atoms with Gasteiger partial charge in [0.2, 0.25) is 0 Å². The second-order valence-corrected chi connectivity index (χ2v) is 23.2. The van der Waals surface area contributed by atoms with E-state index in [2.05, 4.69) is 279 Å². The average molecular weight is 1080 g/mol. The average Bonchev–Trinajstić information content (AvgIpc) is 2.18. The molecular weight excluding hydrogens is 1030 g/mol. The molecule has 398 valence electrons. The highest BCUT2D eigenvalue weighted by atomic mass is 16.3. The predicted molar refractivity (Wildman–Crippen MR) is 350 cm³/mol. The van der Waals surface area contributed by atoms with E-state index in [0.717, 1.165) is 171 Å². The lowest BCUT2D eigenvalue weighted by Gasteiger charge is -2.25. The number of fused-ring (bicyclic) bond motifs is 14. The summed E-state index contributed by atoms with van der Waals surface area (Å²) in [5, 5.41) is 12.9. The topological polar surface area (TPSA) is 59.0 Å². The minimum absolute atomic E-state index is 0.306. The van der Waals surface area contributed by atoms with E-state index >= 15 is 0 Å².